The SMILES string of the molecule is Cc1ccc(-c2cc(-c3ccc(F)cc3F)c(C#N)c(N)n2)cc1. The van der Waals surface area contributed by atoms with Crippen LogP contribution in [0.2, 0.25) is 0 Å². The molecule has 2 N–H and O–H groups in total. The Morgan fingerprint density at radius 1 is 1.00 bits per heavy atom. The first-order valence-electron chi connectivity index (χ1n) is 7.22. The zero-order chi connectivity index (χ0) is 17.3. The van der Waals surface area contributed by atoms with Gasteiger partial charge >= 0.3 is 0 Å². The molecule has 0 unspecified atom stereocenters. The molecular weight excluding hydrogens is 308 g/mol. The highest BCUT2D eigenvalue weighted by Crippen LogP contribution is 2.32. The van der Waals surface area contributed by atoms with E-state index in [4.69, 9.17) is 5.73 Å². The van der Waals surface area contributed by atoms with Gasteiger partial charge in [0.25, 0.3) is 0 Å². The van der Waals surface area contributed by atoms with E-state index in [-0.39, 0.29) is 22.5 Å². The van der Waals surface area contributed by atoms with Crippen molar-refractivity contribution in [3.05, 3.63) is 71.3 Å². The van der Waals surface area contributed by atoms with Gasteiger partial charge in [-0.2, -0.15) is 5.26 Å². The number of nitrogens with zero attached hydrogens (tertiary/aromatic N) is 2. The molecule has 0 saturated heterocycles. The van der Waals surface area contributed by atoms with E-state index in [1.54, 1.807) is 6.07 Å². The number of benzene rings is 2. The largest absolute Gasteiger partial charge is 0.383 e. The van der Waals surface area contributed by atoms with Crippen molar-refractivity contribution in [3.8, 4) is 28.5 Å². The van der Waals surface area contributed by atoms with Crippen molar-refractivity contribution in [3.63, 3.8) is 0 Å². The van der Waals surface area contributed by atoms with E-state index in [1.165, 1.54) is 6.07 Å². The number of nitriles is 1. The molecule has 24 heavy (non-hydrogen) atoms. The molecule has 118 valence electrons. The third-order valence-corrected chi connectivity index (χ3v) is 3.73. The Morgan fingerprint density at radius 3 is 2.33 bits per heavy atom. The fourth-order valence-corrected chi connectivity index (χ4v) is 2.47. The zero-order valence-electron chi connectivity index (χ0n) is 12.8. The first kappa shape index (κ1) is 15.6. The molecule has 3 aromatic rings. The van der Waals surface area contributed by atoms with Crippen LogP contribution in [0.3, 0.4) is 0 Å². The lowest BCUT2D eigenvalue weighted by Crippen LogP contribution is -2.01. The third-order valence-electron chi connectivity index (χ3n) is 3.73. The predicted octanol–water partition coefficient (Wildman–Crippen LogP) is 4.46. The van der Waals surface area contributed by atoms with Crippen molar-refractivity contribution < 1.29 is 8.78 Å². The van der Waals surface area contributed by atoms with Crippen LogP contribution in [-0.4, -0.2) is 4.98 Å². The molecule has 0 radical (unpaired) electrons. The van der Waals surface area contributed by atoms with Gasteiger partial charge < -0.3 is 5.73 Å². The number of anilines is 1. The van der Waals surface area contributed by atoms with Crippen LogP contribution >= 0.6 is 0 Å². The van der Waals surface area contributed by atoms with E-state index in [2.05, 4.69) is 4.98 Å². The van der Waals surface area contributed by atoms with Crippen LogP contribution in [-0.2, 0) is 0 Å². The average Bonchev–Trinajstić information content (AvgIpc) is 2.55. The lowest BCUT2D eigenvalue weighted by molar-refractivity contribution is 0.585. The highest BCUT2D eigenvalue weighted by atomic mass is 19.1. The van der Waals surface area contributed by atoms with Gasteiger partial charge in [0.2, 0.25) is 0 Å². The fourth-order valence-electron chi connectivity index (χ4n) is 2.47. The van der Waals surface area contributed by atoms with Gasteiger partial charge in [0, 0.05) is 22.8 Å². The Morgan fingerprint density at radius 2 is 1.71 bits per heavy atom. The second-order valence-electron chi connectivity index (χ2n) is 5.42. The van der Waals surface area contributed by atoms with E-state index in [0.29, 0.717) is 5.69 Å². The number of halogens is 2. The Kier molecular flexibility index (Phi) is 3.97. The molecule has 5 heteroatoms. The van der Waals surface area contributed by atoms with Gasteiger partial charge in [-0.1, -0.05) is 29.8 Å². The summed E-state index contributed by atoms with van der Waals surface area (Å²) in [6.07, 6.45) is 0. The topological polar surface area (TPSA) is 62.7 Å². The summed E-state index contributed by atoms with van der Waals surface area (Å²) < 4.78 is 27.3. The molecular formula is C19H13F2N3. The van der Waals surface area contributed by atoms with E-state index < -0.39 is 11.6 Å². The predicted molar refractivity (Wildman–Crippen MR) is 88.9 cm³/mol. The number of nitrogen functional groups attached to an aromatic ring is 1. The smallest absolute Gasteiger partial charge is 0.142 e. The van der Waals surface area contributed by atoms with Gasteiger partial charge in [-0.15, -0.1) is 0 Å². The van der Waals surface area contributed by atoms with Crippen molar-refractivity contribution in [1.29, 1.82) is 5.26 Å². The summed E-state index contributed by atoms with van der Waals surface area (Å²) in [6.45, 7) is 1.96. The number of aryl methyl sites for hydroxylation is 1. The normalized spacial score (nSPS) is 10.4. The minimum atomic E-state index is -0.757. The maximum absolute atomic E-state index is 14.2. The summed E-state index contributed by atoms with van der Waals surface area (Å²) in [5.74, 6) is -1.43. The minimum absolute atomic E-state index is 0.00861. The molecule has 0 atom stereocenters. The summed E-state index contributed by atoms with van der Waals surface area (Å²) in [7, 11) is 0. The second kappa shape index (κ2) is 6.09. The molecule has 3 rings (SSSR count). The van der Waals surface area contributed by atoms with E-state index in [0.717, 1.165) is 23.3 Å². The lowest BCUT2D eigenvalue weighted by Gasteiger charge is -2.11. The van der Waals surface area contributed by atoms with Crippen LogP contribution in [0.15, 0.2) is 48.5 Å². The molecule has 0 spiro atoms. The van der Waals surface area contributed by atoms with Gasteiger partial charge in [-0.05, 0) is 25.1 Å². The van der Waals surface area contributed by atoms with Crippen LogP contribution in [0.1, 0.15) is 11.1 Å². The van der Waals surface area contributed by atoms with Gasteiger partial charge in [-0.3, -0.25) is 0 Å². The molecule has 1 aromatic heterocycles. The van der Waals surface area contributed by atoms with Crippen molar-refractivity contribution in [2.24, 2.45) is 0 Å². The summed E-state index contributed by atoms with van der Waals surface area (Å²) in [4.78, 5) is 4.24. The molecule has 0 aliphatic rings. The van der Waals surface area contributed by atoms with Gasteiger partial charge in [-0.25, -0.2) is 13.8 Å². The molecule has 0 aliphatic heterocycles. The van der Waals surface area contributed by atoms with Gasteiger partial charge in [0.05, 0.1) is 5.69 Å². The molecule has 0 bridgehead atoms. The third kappa shape index (κ3) is 2.82. The maximum Gasteiger partial charge on any atom is 0.142 e. The van der Waals surface area contributed by atoms with Gasteiger partial charge in [0.15, 0.2) is 0 Å². The molecule has 0 aliphatic carbocycles. The molecule has 1 heterocycles. The molecule has 0 saturated carbocycles. The fraction of sp³-hybridized carbons (Fsp3) is 0.0526. The Labute approximate surface area is 138 Å². The highest BCUT2D eigenvalue weighted by molar-refractivity contribution is 5.80. The van der Waals surface area contributed by atoms with Crippen molar-refractivity contribution >= 4 is 5.82 Å². The number of pyridine rings is 1. The van der Waals surface area contributed by atoms with Crippen molar-refractivity contribution in [2.75, 3.05) is 5.73 Å². The first-order valence-corrected chi connectivity index (χ1v) is 7.22. The van der Waals surface area contributed by atoms with E-state index in [9.17, 15) is 14.0 Å². The number of hydrogen-bond donors (Lipinski definition) is 1. The minimum Gasteiger partial charge on any atom is -0.383 e. The highest BCUT2D eigenvalue weighted by Gasteiger charge is 2.16. The summed E-state index contributed by atoms with van der Waals surface area (Å²) in [5, 5.41) is 9.34. The summed E-state index contributed by atoms with van der Waals surface area (Å²) in [5.41, 5.74) is 8.75. The quantitative estimate of drug-likeness (QED) is 0.758. The molecule has 3 nitrogen and oxygen atoms in total. The summed E-state index contributed by atoms with van der Waals surface area (Å²) >= 11 is 0. The van der Waals surface area contributed by atoms with Crippen LogP contribution in [0, 0.1) is 29.9 Å². The van der Waals surface area contributed by atoms with E-state index >= 15 is 0 Å². The number of hydrogen-bond acceptors (Lipinski definition) is 3. The number of rotatable bonds is 2. The molecule has 2 aromatic carbocycles. The maximum atomic E-state index is 14.2. The van der Waals surface area contributed by atoms with Gasteiger partial charge in [0.1, 0.15) is 29.1 Å². The number of aromatic nitrogens is 1. The summed E-state index contributed by atoms with van der Waals surface area (Å²) in [6, 6.07) is 14.3. The van der Waals surface area contributed by atoms with Crippen LogP contribution in [0.25, 0.3) is 22.4 Å². The first-order chi connectivity index (χ1) is 11.5. The molecule has 0 fully saturated rings. The zero-order valence-corrected chi connectivity index (χ0v) is 12.8. The van der Waals surface area contributed by atoms with E-state index in [1.807, 2.05) is 37.3 Å². The standard InChI is InChI=1S/C19H13F2N3/c1-11-2-4-12(5-3-11)18-9-15(16(10-22)19(23)24-18)14-7-6-13(20)8-17(14)21/h2-9H,1H3,(H2,23,24). The second-order valence-corrected chi connectivity index (χ2v) is 5.42. The average molecular weight is 321 g/mol. The Hall–Kier alpha value is -3.26. The monoisotopic (exact) mass is 321 g/mol. The van der Waals surface area contributed by atoms with Crippen LogP contribution < -0.4 is 5.73 Å². The molecule has 0 amide bonds. The Balaban J connectivity index is 2.24. The Bertz CT molecular complexity index is 958. The van der Waals surface area contributed by atoms with Crippen LogP contribution in [0.4, 0.5) is 14.6 Å². The number of nitrogens with two attached hydrogens (primary N) is 1. The van der Waals surface area contributed by atoms with Crippen molar-refractivity contribution in [1.82, 2.24) is 4.98 Å². The van der Waals surface area contributed by atoms with Crippen molar-refractivity contribution in [2.45, 2.75) is 6.92 Å². The van der Waals surface area contributed by atoms with Crippen LogP contribution in [0.5, 0.6) is 0 Å². The lowest BCUT2D eigenvalue weighted by atomic mass is 9.97.